The SMILES string of the molecule is CC(C)(C)c1ccc(CP(C(C)(C)C)C(C)(C)C)c(CP(C2CNCCN2)C2CNCCN2)c1. The third kappa shape index (κ3) is 7.71. The molecule has 0 amide bonds. The van der Waals surface area contributed by atoms with Crippen LogP contribution in [0, 0.1) is 0 Å². The van der Waals surface area contributed by atoms with E-state index in [0.29, 0.717) is 21.9 Å². The fraction of sp³-hybridized carbons (Fsp3) is 0.786. The third-order valence-corrected chi connectivity index (χ3v) is 14.1. The van der Waals surface area contributed by atoms with E-state index in [1.165, 1.54) is 17.9 Å². The predicted molar refractivity (Wildman–Crippen MR) is 155 cm³/mol. The summed E-state index contributed by atoms with van der Waals surface area (Å²) < 4.78 is 0. The molecule has 3 rings (SSSR count). The lowest BCUT2D eigenvalue weighted by molar-refractivity contribution is 0.472. The standard InChI is InChI=1S/C28H52N4P2/c1-26(2,3)23-11-10-21(20-34(27(4,5)6)28(7,8)9)22(16-23)19-33(24-17-29-12-14-31-24)25-18-30-13-15-32-25/h10-11,16,24-25,29-32H,12-15,17-20H2,1-9H3. The van der Waals surface area contributed by atoms with Gasteiger partial charge in [-0.3, -0.25) is 0 Å². The van der Waals surface area contributed by atoms with Gasteiger partial charge in [-0.25, -0.2) is 0 Å². The van der Waals surface area contributed by atoms with Crippen LogP contribution >= 0.6 is 15.8 Å². The Morgan fingerprint density at radius 3 is 1.65 bits per heavy atom. The van der Waals surface area contributed by atoms with Crippen LogP contribution in [0.5, 0.6) is 0 Å². The molecule has 0 aromatic heterocycles. The molecule has 2 fully saturated rings. The molecule has 0 bridgehead atoms. The van der Waals surface area contributed by atoms with Crippen molar-refractivity contribution in [1.29, 1.82) is 0 Å². The highest BCUT2D eigenvalue weighted by molar-refractivity contribution is 7.60. The number of rotatable bonds is 6. The van der Waals surface area contributed by atoms with Crippen LogP contribution in [0.25, 0.3) is 0 Å². The molecular weight excluding hydrogens is 454 g/mol. The van der Waals surface area contributed by atoms with Gasteiger partial charge in [-0.2, -0.15) is 0 Å². The average Bonchev–Trinajstić information content (AvgIpc) is 2.75. The Bertz CT molecular complexity index is 747. The molecule has 0 aliphatic carbocycles. The van der Waals surface area contributed by atoms with Crippen LogP contribution in [0.1, 0.15) is 79.0 Å². The van der Waals surface area contributed by atoms with E-state index in [1.807, 2.05) is 0 Å². The summed E-state index contributed by atoms with van der Waals surface area (Å²) in [6, 6.07) is 7.49. The molecule has 2 heterocycles. The first-order chi connectivity index (χ1) is 15.8. The molecule has 2 atom stereocenters. The molecule has 0 saturated carbocycles. The maximum absolute atomic E-state index is 3.89. The molecular formula is C28H52N4P2. The lowest BCUT2D eigenvalue weighted by atomic mass is 9.85. The normalized spacial score (nSPS) is 23.8. The predicted octanol–water partition coefficient (Wildman–Crippen LogP) is 5.58. The summed E-state index contributed by atoms with van der Waals surface area (Å²) >= 11 is 0. The second-order valence-corrected chi connectivity index (χ2v) is 19.6. The Labute approximate surface area is 213 Å². The van der Waals surface area contributed by atoms with Crippen LogP contribution in [0.4, 0.5) is 0 Å². The van der Waals surface area contributed by atoms with E-state index in [4.69, 9.17) is 0 Å². The maximum Gasteiger partial charge on any atom is 0.0413 e. The van der Waals surface area contributed by atoms with Crippen LogP contribution in [-0.4, -0.2) is 61.1 Å². The van der Waals surface area contributed by atoms with Crippen molar-refractivity contribution in [3.05, 3.63) is 34.9 Å². The average molecular weight is 507 g/mol. The summed E-state index contributed by atoms with van der Waals surface area (Å²) in [4.78, 5) is 0. The Balaban J connectivity index is 1.99. The summed E-state index contributed by atoms with van der Waals surface area (Å²) in [6.07, 6.45) is 2.42. The van der Waals surface area contributed by atoms with Crippen molar-refractivity contribution in [2.24, 2.45) is 0 Å². The molecule has 1 aromatic rings. The van der Waals surface area contributed by atoms with Gasteiger partial charge in [0.05, 0.1) is 0 Å². The van der Waals surface area contributed by atoms with Crippen molar-refractivity contribution >= 4 is 15.8 Å². The molecule has 4 nitrogen and oxygen atoms in total. The number of hydrogen-bond donors (Lipinski definition) is 4. The Kier molecular flexibility index (Phi) is 9.67. The largest absolute Gasteiger partial charge is 0.314 e. The first-order valence-corrected chi connectivity index (χ1v) is 16.5. The van der Waals surface area contributed by atoms with Crippen molar-refractivity contribution in [2.75, 3.05) is 39.3 Å². The van der Waals surface area contributed by atoms with E-state index in [2.05, 4.69) is 102 Å². The van der Waals surface area contributed by atoms with Gasteiger partial charge in [-0.05, 0) is 44.7 Å². The van der Waals surface area contributed by atoms with E-state index < -0.39 is 0 Å². The molecule has 2 aliphatic rings. The minimum absolute atomic E-state index is 0.171. The highest BCUT2D eigenvalue weighted by atomic mass is 31.1. The number of nitrogens with one attached hydrogen (secondary N) is 4. The van der Waals surface area contributed by atoms with E-state index in [1.54, 1.807) is 11.1 Å². The molecule has 0 radical (unpaired) electrons. The summed E-state index contributed by atoms with van der Waals surface area (Å²) in [5, 5.41) is 15.8. The van der Waals surface area contributed by atoms with E-state index in [-0.39, 0.29) is 21.3 Å². The Morgan fingerprint density at radius 2 is 1.24 bits per heavy atom. The lowest BCUT2D eigenvalue weighted by Gasteiger charge is -2.43. The summed E-state index contributed by atoms with van der Waals surface area (Å²) in [5.74, 6) is 1.14. The Morgan fingerprint density at radius 1 is 0.706 bits per heavy atom. The number of hydrogen-bond acceptors (Lipinski definition) is 4. The molecule has 4 N–H and O–H groups in total. The fourth-order valence-electron chi connectivity index (χ4n) is 5.42. The smallest absolute Gasteiger partial charge is 0.0413 e. The first-order valence-electron chi connectivity index (χ1n) is 13.3. The van der Waals surface area contributed by atoms with Crippen LogP contribution in [-0.2, 0) is 17.7 Å². The third-order valence-electron chi connectivity index (χ3n) is 7.21. The minimum Gasteiger partial charge on any atom is -0.314 e. The molecule has 2 saturated heterocycles. The van der Waals surface area contributed by atoms with Gasteiger partial charge in [-0.15, -0.1) is 0 Å². The first kappa shape index (κ1) is 28.5. The zero-order chi connectivity index (χ0) is 25.1. The van der Waals surface area contributed by atoms with Crippen LogP contribution in [0.2, 0.25) is 0 Å². The summed E-state index contributed by atoms with van der Waals surface area (Å²) in [6.45, 7) is 28.3. The molecule has 6 heteroatoms. The van der Waals surface area contributed by atoms with Gasteiger partial charge in [0.15, 0.2) is 0 Å². The molecule has 2 aliphatic heterocycles. The summed E-state index contributed by atoms with van der Waals surface area (Å²) in [5.41, 5.74) is 4.86. The van der Waals surface area contributed by atoms with Crippen molar-refractivity contribution in [3.63, 3.8) is 0 Å². The van der Waals surface area contributed by atoms with Crippen molar-refractivity contribution in [1.82, 2.24) is 21.3 Å². The van der Waals surface area contributed by atoms with E-state index in [0.717, 1.165) is 39.3 Å². The highest BCUT2D eigenvalue weighted by Gasteiger charge is 2.36. The topological polar surface area (TPSA) is 48.1 Å². The molecule has 0 spiro atoms. The maximum atomic E-state index is 3.89. The molecule has 194 valence electrons. The van der Waals surface area contributed by atoms with Crippen LogP contribution < -0.4 is 21.3 Å². The molecule has 2 unspecified atom stereocenters. The minimum atomic E-state index is -0.259. The molecule has 1 aromatic carbocycles. The Hall–Kier alpha value is -0.0800. The van der Waals surface area contributed by atoms with E-state index >= 15 is 0 Å². The van der Waals surface area contributed by atoms with Gasteiger partial charge in [-0.1, -0.05) is 96.4 Å². The van der Waals surface area contributed by atoms with Gasteiger partial charge in [0.2, 0.25) is 0 Å². The van der Waals surface area contributed by atoms with Crippen molar-refractivity contribution in [3.8, 4) is 0 Å². The second kappa shape index (κ2) is 11.5. The number of piperazine rings is 2. The van der Waals surface area contributed by atoms with Crippen molar-refractivity contribution < 1.29 is 0 Å². The fourth-order valence-corrected chi connectivity index (χ4v) is 12.1. The zero-order valence-electron chi connectivity index (χ0n) is 23.4. The highest BCUT2D eigenvalue weighted by Crippen LogP contribution is 2.62. The monoisotopic (exact) mass is 506 g/mol. The van der Waals surface area contributed by atoms with Gasteiger partial charge in [0, 0.05) is 50.8 Å². The van der Waals surface area contributed by atoms with Gasteiger partial charge in [0.1, 0.15) is 0 Å². The van der Waals surface area contributed by atoms with Gasteiger partial charge >= 0.3 is 0 Å². The van der Waals surface area contributed by atoms with Gasteiger partial charge in [0.25, 0.3) is 0 Å². The van der Waals surface area contributed by atoms with E-state index in [9.17, 15) is 0 Å². The summed E-state index contributed by atoms with van der Waals surface area (Å²) in [7, 11) is -0.435. The van der Waals surface area contributed by atoms with Gasteiger partial charge < -0.3 is 21.3 Å². The zero-order valence-corrected chi connectivity index (χ0v) is 25.2. The molecule has 34 heavy (non-hydrogen) atoms. The quantitative estimate of drug-likeness (QED) is 0.381. The number of benzene rings is 1. The van der Waals surface area contributed by atoms with Crippen molar-refractivity contribution in [2.45, 2.75) is 102 Å². The van der Waals surface area contributed by atoms with Crippen LogP contribution in [0.15, 0.2) is 18.2 Å². The van der Waals surface area contributed by atoms with Crippen LogP contribution in [0.3, 0.4) is 0 Å². The lowest BCUT2D eigenvalue weighted by Crippen LogP contribution is -2.53. The second-order valence-electron chi connectivity index (χ2n) is 13.2.